The summed E-state index contributed by atoms with van der Waals surface area (Å²) in [5, 5.41) is 14.5. The van der Waals surface area contributed by atoms with Gasteiger partial charge in [-0.1, -0.05) is 12.1 Å². The van der Waals surface area contributed by atoms with Gasteiger partial charge in [0.25, 0.3) is 0 Å². The lowest BCUT2D eigenvalue weighted by Gasteiger charge is -2.56. The Morgan fingerprint density at radius 1 is 1.24 bits per heavy atom. The van der Waals surface area contributed by atoms with Crippen LogP contribution in [0.2, 0.25) is 0 Å². The number of halogens is 1. The molecule has 1 fully saturated rings. The molecule has 0 aliphatic carbocycles. The maximum atomic E-state index is 13.5. The van der Waals surface area contributed by atoms with Gasteiger partial charge in [0.2, 0.25) is 0 Å². The first-order valence-electron chi connectivity index (χ1n) is 11.7. The molecule has 2 amide bonds. The van der Waals surface area contributed by atoms with Crippen LogP contribution in [0.5, 0.6) is 5.75 Å². The van der Waals surface area contributed by atoms with Gasteiger partial charge >= 0.3 is 6.03 Å². The van der Waals surface area contributed by atoms with E-state index in [4.69, 9.17) is 4.74 Å². The molecule has 180 valence electrons. The number of likely N-dealkylation sites (tertiary alicyclic amines) is 1. The standard InChI is InChI=1S/C26H31FN4O3/c1-16(2)28-25(33)31-14-26(15-31)13-30(11-17-4-6-18(27)7-5-17)22(12-32)24-23(26)20-9-8-19(34-3)10-21(20)29-24/h4-10,16,22,29,32H,11-15H2,1-3H3,(H,28,33)/t22-/m0/s1. The summed E-state index contributed by atoms with van der Waals surface area (Å²) >= 11 is 0. The van der Waals surface area contributed by atoms with Crippen LogP contribution in [-0.4, -0.2) is 65.3 Å². The lowest BCUT2D eigenvalue weighted by atomic mass is 9.68. The van der Waals surface area contributed by atoms with Gasteiger partial charge in [0.1, 0.15) is 11.6 Å². The van der Waals surface area contributed by atoms with Crippen LogP contribution >= 0.6 is 0 Å². The second-order valence-electron chi connectivity index (χ2n) is 9.80. The molecule has 1 atom stereocenters. The fraction of sp³-hybridized carbons (Fsp3) is 0.423. The number of hydrogen-bond acceptors (Lipinski definition) is 4. The average molecular weight is 467 g/mol. The van der Waals surface area contributed by atoms with Gasteiger partial charge in [0.05, 0.1) is 19.8 Å². The van der Waals surface area contributed by atoms with E-state index in [2.05, 4.69) is 21.3 Å². The van der Waals surface area contributed by atoms with Crippen molar-refractivity contribution in [2.24, 2.45) is 0 Å². The van der Waals surface area contributed by atoms with E-state index >= 15 is 0 Å². The van der Waals surface area contributed by atoms with Crippen LogP contribution < -0.4 is 10.1 Å². The van der Waals surface area contributed by atoms with Crippen molar-refractivity contribution in [3.63, 3.8) is 0 Å². The topological polar surface area (TPSA) is 80.8 Å². The van der Waals surface area contributed by atoms with Crippen molar-refractivity contribution in [2.45, 2.75) is 37.9 Å². The zero-order chi connectivity index (χ0) is 24.0. The number of amides is 2. The maximum Gasteiger partial charge on any atom is 0.317 e. The Morgan fingerprint density at radius 2 is 1.97 bits per heavy atom. The number of rotatable bonds is 5. The minimum atomic E-state index is -0.268. The normalized spacial score (nSPS) is 19.4. The van der Waals surface area contributed by atoms with Crippen molar-refractivity contribution in [3.8, 4) is 5.75 Å². The van der Waals surface area contributed by atoms with Crippen LogP contribution in [0.1, 0.15) is 36.7 Å². The molecule has 1 spiro atoms. The molecule has 7 nitrogen and oxygen atoms in total. The third kappa shape index (κ3) is 3.80. The lowest BCUT2D eigenvalue weighted by Crippen LogP contribution is -2.69. The number of benzene rings is 2. The molecule has 8 heteroatoms. The second kappa shape index (κ2) is 8.60. The summed E-state index contributed by atoms with van der Waals surface area (Å²) in [6.07, 6.45) is 0. The number of aromatic nitrogens is 1. The van der Waals surface area contributed by atoms with Gasteiger partial charge in [-0.2, -0.15) is 0 Å². The van der Waals surface area contributed by atoms with Gasteiger partial charge < -0.3 is 25.0 Å². The molecule has 2 aliphatic heterocycles. The smallest absolute Gasteiger partial charge is 0.317 e. The third-order valence-corrected chi connectivity index (χ3v) is 7.00. The number of ether oxygens (including phenoxy) is 1. The number of hydrogen-bond donors (Lipinski definition) is 3. The number of nitrogens with zero attached hydrogens (tertiary/aromatic N) is 2. The van der Waals surface area contributed by atoms with Crippen molar-refractivity contribution in [3.05, 3.63) is 65.1 Å². The molecular weight excluding hydrogens is 435 g/mol. The van der Waals surface area contributed by atoms with E-state index in [1.165, 1.54) is 17.7 Å². The van der Waals surface area contributed by atoms with E-state index in [1.54, 1.807) is 19.2 Å². The third-order valence-electron chi connectivity index (χ3n) is 7.00. The highest BCUT2D eigenvalue weighted by molar-refractivity contribution is 5.89. The molecule has 5 rings (SSSR count). The van der Waals surface area contributed by atoms with Crippen LogP contribution in [-0.2, 0) is 12.0 Å². The highest BCUT2D eigenvalue weighted by atomic mass is 19.1. The second-order valence-corrected chi connectivity index (χ2v) is 9.80. The molecule has 2 aromatic carbocycles. The van der Waals surface area contributed by atoms with Crippen LogP contribution in [0.15, 0.2) is 42.5 Å². The fourth-order valence-corrected chi connectivity index (χ4v) is 5.53. The van der Waals surface area contributed by atoms with E-state index in [1.807, 2.05) is 30.9 Å². The largest absolute Gasteiger partial charge is 0.497 e. The maximum absolute atomic E-state index is 13.5. The van der Waals surface area contributed by atoms with Gasteiger partial charge in [0.15, 0.2) is 0 Å². The number of fused-ring (bicyclic) bond motifs is 4. The number of aromatic amines is 1. The SMILES string of the molecule is COc1ccc2c3c([nH]c2c1)[C@H](CO)N(Cc1ccc(F)cc1)CC31CN(C(=O)NC(C)C)C1. The molecule has 0 unspecified atom stereocenters. The molecule has 3 aromatic rings. The van der Waals surface area contributed by atoms with Gasteiger partial charge in [-0.3, -0.25) is 4.90 Å². The molecule has 2 aliphatic rings. The molecular formula is C26H31FN4O3. The summed E-state index contributed by atoms with van der Waals surface area (Å²) in [7, 11) is 1.64. The summed E-state index contributed by atoms with van der Waals surface area (Å²) in [5.41, 5.74) is 3.82. The Morgan fingerprint density at radius 3 is 2.62 bits per heavy atom. The van der Waals surface area contributed by atoms with Crippen molar-refractivity contribution in [1.29, 1.82) is 0 Å². The monoisotopic (exact) mass is 466 g/mol. The minimum absolute atomic E-state index is 0.0498. The predicted molar refractivity (Wildman–Crippen MR) is 128 cm³/mol. The molecule has 0 saturated carbocycles. The molecule has 3 N–H and O–H groups in total. The van der Waals surface area contributed by atoms with E-state index in [9.17, 15) is 14.3 Å². The van der Waals surface area contributed by atoms with Crippen LogP contribution in [0, 0.1) is 5.82 Å². The van der Waals surface area contributed by atoms with Crippen LogP contribution in [0.25, 0.3) is 10.9 Å². The molecule has 34 heavy (non-hydrogen) atoms. The average Bonchev–Trinajstić information content (AvgIpc) is 3.16. The molecule has 0 radical (unpaired) electrons. The highest BCUT2D eigenvalue weighted by Gasteiger charge is 2.54. The first-order chi connectivity index (χ1) is 16.3. The number of carbonyl (C=O) groups excluding carboxylic acids is 1. The quantitative estimate of drug-likeness (QED) is 0.537. The first kappa shape index (κ1) is 22.7. The zero-order valence-electron chi connectivity index (χ0n) is 19.8. The van der Waals surface area contributed by atoms with Crippen molar-refractivity contribution in [1.82, 2.24) is 20.1 Å². The number of H-pyrrole nitrogens is 1. The Balaban J connectivity index is 1.55. The Labute approximate surface area is 198 Å². The number of carbonyl (C=O) groups is 1. The van der Waals surface area contributed by atoms with Crippen LogP contribution in [0.3, 0.4) is 0 Å². The zero-order valence-corrected chi connectivity index (χ0v) is 19.8. The summed E-state index contributed by atoms with van der Waals surface area (Å²) in [5.74, 6) is 0.491. The molecule has 0 bridgehead atoms. The van der Waals surface area contributed by atoms with Gasteiger partial charge in [-0.25, -0.2) is 9.18 Å². The highest BCUT2D eigenvalue weighted by Crippen LogP contribution is 2.48. The first-order valence-corrected chi connectivity index (χ1v) is 11.7. The number of nitrogens with one attached hydrogen (secondary N) is 2. The summed E-state index contributed by atoms with van der Waals surface area (Å²) in [4.78, 5) is 20.3. The molecule has 1 saturated heterocycles. The summed E-state index contributed by atoms with van der Waals surface area (Å²) in [6, 6.07) is 12.3. The lowest BCUT2D eigenvalue weighted by molar-refractivity contribution is 0.00951. The van der Waals surface area contributed by atoms with Crippen LogP contribution in [0.4, 0.5) is 9.18 Å². The van der Waals surface area contributed by atoms with Gasteiger partial charge in [-0.05, 0) is 49.2 Å². The predicted octanol–water partition coefficient (Wildman–Crippen LogP) is 3.54. The van der Waals surface area contributed by atoms with E-state index < -0.39 is 0 Å². The van der Waals surface area contributed by atoms with Crippen molar-refractivity contribution >= 4 is 16.9 Å². The van der Waals surface area contributed by atoms with Crippen molar-refractivity contribution in [2.75, 3.05) is 33.4 Å². The summed E-state index contributed by atoms with van der Waals surface area (Å²) in [6.45, 7) is 6.30. The number of aliphatic hydroxyl groups is 1. The molecule has 1 aromatic heterocycles. The van der Waals surface area contributed by atoms with Gasteiger partial charge in [-0.15, -0.1) is 0 Å². The van der Waals surface area contributed by atoms with Crippen molar-refractivity contribution < 1.29 is 19.0 Å². The summed E-state index contributed by atoms with van der Waals surface area (Å²) < 4.78 is 18.9. The Hall–Kier alpha value is -3.10. The van der Waals surface area contributed by atoms with Gasteiger partial charge in [0, 0.05) is 60.3 Å². The van der Waals surface area contributed by atoms with E-state index in [-0.39, 0.29) is 36.0 Å². The number of urea groups is 1. The van der Waals surface area contributed by atoms with E-state index in [0.717, 1.165) is 27.9 Å². The molecule has 3 heterocycles. The Kier molecular flexibility index (Phi) is 5.73. The fourth-order valence-electron chi connectivity index (χ4n) is 5.53. The minimum Gasteiger partial charge on any atom is -0.497 e. The number of methoxy groups -OCH3 is 1. The van der Waals surface area contributed by atoms with E-state index in [0.29, 0.717) is 26.2 Å². The number of aliphatic hydroxyl groups excluding tert-OH is 1. The Bertz CT molecular complexity index is 1200.